The Balaban J connectivity index is 1.98. The number of hydrogen-bond acceptors (Lipinski definition) is 4. The average Bonchev–Trinajstić information content (AvgIpc) is 2.86. The normalized spacial score (nSPS) is 19.8. The number of thiophene rings is 1. The molecule has 1 fully saturated rings. The fourth-order valence-electron chi connectivity index (χ4n) is 3.13. The van der Waals surface area contributed by atoms with Gasteiger partial charge in [-0.2, -0.15) is 0 Å². The predicted molar refractivity (Wildman–Crippen MR) is 90.5 cm³/mol. The van der Waals surface area contributed by atoms with E-state index in [0.717, 1.165) is 40.2 Å². The van der Waals surface area contributed by atoms with Gasteiger partial charge in [0.05, 0.1) is 11.5 Å². The van der Waals surface area contributed by atoms with Gasteiger partial charge >= 0.3 is 0 Å². The fourth-order valence-corrected chi connectivity index (χ4v) is 4.30. The Morgan fingerprint density at radius 2 is 2.14 bits per heavy atom. The molecule has 0 saturated carbocycles. The summed E-state index contributed by atoms with van der Waals surface area (Å²) in [6.45, 7) is 5.25. The van der Waals surface area contributed by atoms with Gasteiger partial charge in [-0.25, -0.2) is 0 Å². The van der Waals surface area contributed by atoms with E-state index in [1.165, 1.54) is 0 Å². The molecule has 2 aromatic rings. The third kappa shape index (κ3) is 2.76. The number of likely N-dealkylation sites (N-methyl/N-ethyl adjacent to an activating group) is 1. The van der Waals surface area contributed by atoms with Crippen molar-refractivity contribution in [2.24, 2.45) is 0 Å². The first-order valence-corrected chi connectivity index (χ1v) is 8.42. The number of hydrogen-bond donors (Lipinski definition) is 0. The Morgan fingerprint density at radius 1 is 1.36 bits per heavy atom. The summed E-state index contributed by atoms with van der Waals surface area (Å²) in [4.78, 5) is 18.2. The molecular formula is C17H22N2O2S. The molecule has 5 heteroatoms. The summed E-state index contributed by atoms with van der Waals surface area (Å²) in [5, 5.41) is 1.14. The summed E-state index contributed by atoms with van der Waals surface area (Å²) in [6.07, 6.45) is 0. The van der Waals surface area contributed by atoms with Crippen molar-refractivity contribution in [2.45, 2.75) is 19.6 Å². The van der Waals surface area contributed by atoms with Crippen molar-refractivity contribution in [1.82, 2.24) is 9.80 Å². The molecule has 1 atom stereocenters. The van der Waals surface area contributed by atoms with Gasteiger partial charge in [0, 0.05) is 43.0 Å². The Bertz CT molecular complexity index is 682. The standard InChI is InChI=1S/C17H22N2O2S/c1-12-10-18(2)8-9-19(12)17(20)16-14(11-21-3)13-6-4-5-7-15(13)22-16/h4-7,12H,8-11H2,1-3H3. The van der Waals surface area contributed by atoms with E-state index in [9.17, 15) is 4.79 Å². The van der Waals surface area contributed by atoms with E-state index in [4.69, 9.17) is 4.74 Å². The van der Waals surface area contributed by atoms with Gasteiger partial charge in [0.15, 0.2) is 0 Å². The van der Waals surface area contributed by atoms with Crippen LogP contribution < -0.4 is 0 Å². The first kappa shape index (κ1) is 15.5. The van der Waals surface area contributed by atoms with Crippen LogP contribution in [0.2, 0.25) is 0 Å². The zero-order valence-corrected chi connectivity index (χ0v) is 14.2. The van der Waals surface area contributed by atoms with Crippen molar-refractivity contribution >= 4 is 27.3 Å². The smallest absolute Gasteiger partial charge is 0.264 e. The molecule has 4 nitrogen and oxygen atoms in total. The van der Waals surface area contributed by atoms with Gasteiger partial charge in [-0.1, -0.05) is 18.2 Å². The summed E-state index contributed by atoms with van der Waals surface area (Å²) in [6, 6.07) is 8.42. The first-order valence-electron chi connectivity index (χ1n) is 7.60. The minimum Gasteiger partial charge on any atom is -0.380 e. The molecule has 1 aromatic carbocycles. The second-order valence-corrected chi connectivity index (χ2v) is 7.00. The summed E-state index contributed by atoms with van der Waals surface area (Å²) in [5.74, 6) is 0.147. The molecule has 0 bridgehead atoms. The molecule has 0 radical (unpaired) electrons. The van der Waals surface area contributed by atoms with Crippen molar-refractivity contribution < 1.29 is 9.53 Å². The maximum atomic E-state index is 13.0. The number of methoxy groups -OCH3 is 1. The van der Waals surface area contributed by atoms with E-state index in [1.54, 1.807) is 18.4 Å². The molecule has 2 heterocycles. The van der Waals surface area contributed by atoms with Gasteiger partial charge in [-0.05, 0) is 25.4 Å². The number of benzene rings is 1. The Hall–Kier alpha value is -1.43. The average molecular weight is 318 g/mol. The fraction of sp³-hybridized carbons (Fsp3) is 0.471. The molecule has 1 saturated heterocycles. The van der Waals surface area contributed by atoms with Crippen LogP contribution in [0, 0.1) is 0 Å². The molecule has 1 aliphatic heterocycles. The Morgan fingerprint density at radius 3 is 2.86 bits per heavy atom. The SMILES string of the molecule is COCc1c(C(=O)N2CCN(C)CC2C)sc2ccccc12. The molecule has 3 rings (SSSR count). The lowest BCUT2D eigenvalue weighted by atomic mass is 10.1. The highest BCUT2D eigenvalue weighted by atomic mass is 32.1. The summed E-state index contributed by atoms with van der Waals surface area (Å²) in [7, 11) is 3.79. The molecule has 22 heavy (non-hydrogen) atoms. The highest BCUT2D eigenvalue weighted by molar-refractivity contribution is 7.21. The minimum absolute atomic E-state index is 0.147. The molecule has 1 amide bonds. The largest absolute Gasteiger partial charge is 0.380 e. The van der Waals surface area contributed by atoms with Gasteiger partial charge in [0.1, 0.15) is 0 Å². The van der Waals surface area contributed by atoms with E-state index in [0.29, 0.717) is 6.61 Å². The van der Waals surface area contributed by atoms with Crippen LogP contribution in [-0.2, 0) is 11.3 Å². The number of ether oxygens (including phenoxy) is 1. The third-order valence-electron chi connectivity index (χ3n) is 4.27. The second kappa shape index (κ2) is 6.36. The quantitative estimate of drug-likeness (QED) is 0.872. The minimum atomic E-state index is 0.147. The van der Waals surface area contributed by atoms with Gasteiger partial charge in [-0.3, -0.25) is 4.79 Å². The molecule has 0 spiro atoms. The van der Waals surface area contributed by atoms with Crippen molar-refractivity contribution in [3.05, 3.63) is 34.7 Å². The summed E-state index contributed by atoms with van der Waals surface area (Å²) < 4.78 is 6.50. The lowest BCUT2D eigenvalue weighted by molar-refractivity contribution is 0.0535. The van der Waals surface area contributed by atoms with Crippen molar-refractivity contribution in [2.75, 3.05) is 33.8 Å². The van der Waals surface area contributed by atoms with Crippen molar-refractivity contribution in [3.63, 3.8) is 0 Å². The molecule has 1 aliphatic rings. The van der Waals surface area contributed by atoms with Gasteiger partial charge in [0.2, 0.25) is 0 Å². The Labute approximate surface area is 135 Å². The molecule has 1 aromatic heterocycles. The van der Waals surface area contributed by atoms with Crippen molar-refractivity contribution in [1.29, 1.82) is 0 Å². The maximum absolute atomic E-state index is 13.0. The predicted octanol–water partition coefficient (Wildman–Crippen LogP) is 2.82. The highest BCUT2D eigenvalue weighted by Gasteiger charge is 2.29. The van der Waals surface area contributed by atoms with E-state index in [-0.39, 0.29) is 11.9 Å². The van der Waals surface area contributed by atoms with Crippen LogP contribution in [0.25, 0.3) is 10.1 Å². The molecule has 0 aliphatic carbocycles. The van der Waals surface area contributed by atoms with Gasteiger partial charge in [-0.15, -0.1) is 11.3 Å². The molecule has 118 valence electrons. The monoisotopic (exact) mass is 318 g/mol. The number of amides is 1. The maximum Gasteiger partial charge on any atom is 0.264 e. The number of carbonyl (C=O) groups excluding carboxylic acids is 1. The van der Waals surface area contributed by atoms with Crippen molar-refractivity contribution in [3.8, 4) is 0 Å². The van der Waals surface area contributed by atoms with Crippen LogP contribution in [0.1, 0.15) is 22.2 Å². The van der Waals surface area contributed by atoms with Gasteiger partial charge in [0.25, 0.3) is 5.91 Å². The number of carbonyl (C=O) groups is 1. The number of piperazine rings is 1. The molecular weight excluding hydrogens is 296 g/mol. The number of fused-ring (bicyclic) bond motifs is 1. The lowest BCUT2D eigenvalue weighted by Crippen LogP contribution is -2.52. The van der Waals surface area contributed by atoms with Gasteiger partial charge < -0.3 is 14.5 Å². The zero-order chi connectivity index (χ0) is 15.7. The zero-order valence-electron chi connectivity index (χ0n) is 13.3. The Kier molecular flexibility index (Phi) is 4.47. The van der Waals surface area contributed by atoms with Crippen LogP contribution in [0.4, 0.5) is 0 Å². The van der Waals surface area contributed by atoms with Crippen LogP contribution in [0.15, 0.2) is 24.3 Å². The first-order chi connectivity index (χ1) is 10.6. The van der Waals surface area contributed by atoms with Crippen LogP contribution in [0.5, 0.6) is 0 Å². The molecule has 0 N–H and O–H groups in total. The topological polar surface area (TPSA) is 32.8 Å². The second-order valence-electron chi connectivity index (χ2n) is 5.95. The number of rotatable bonds is 3. The van der Waals surface area contributed by atoms with Crippen LogP contribution in [-0.4, -0.2) is 55.5 Å². The molecule has 1 unspecified atom stereocenters. The summed E-state index contributed by atoms with van der Waals surface area (Å²) >= 11 is 1.58. The van der Waals surface area contributed by atoms with Crippen LogP contribution >= 0.6 is 11.3 Å². The third-order valence-corrected chi connectivity index (χ3v) is 5.47. The van der Waals surface area contributed by atoms with E-state index < -0.39 is 0 Å². The lowest BCUT2D eigenvalue weighted by Gasteiger charge is -2.38. The van der Waals surface area contributed by atoms with E-state index >= 15 is 0 Å². The summed E-state index contributed by atoms with van der Waals surface area (Å²) in [5.41, 5.74) is 1.03. The van der Waals surface area contributed by atoms with E-state index in [1.807, 2.05) is 17.0 Å². The van der Waals surface area contributed by atoms with E-state index in [2.05, 4.69) is 31.0 Å². The number of nitrogens with zero attached hydrogens (tertiary/aromatic N) is 2. The highest BCUT2D eigenvalue weighted by Crippen LogP contribution is 2.33. The van der Waals surface area contributed by atoms with Crippen LogP contribution in [0.3, 0.4) is 0 Å².